The zero-order valence-electron chi connectivity index (χ0n) is 4.55. The molecule has 0 aliphatic carbocycles. The second-order valence-corrected chi connectivity index (χ2v) is 1.79. The Labute approximate surface area is 44.0 Å². The van der Waals surface area contributed by atoms with Crippen LogP contribution in [0.4, 0.5) is 0 Å². The maximum atomic E-state index is 5.19. The molecule has 0 aromatic heterocycles. The number of rotatable bonds is 0. The van der Waals surface area contributed by atoms with Crippen molar-refractivity contribution in [1.82, 2.24) is 0 Å². The van der Waals surface area contributed by atoms with E-state index in [0.29, 0.717) is 6.10 Å². The molecule has 0 aromatic carbocycles. The van der Waals surface area contributed by atoms with Gasteiger partial charge in [-0.05, 0) is 13.3 Å². The summed E-state index contributed by atoms with van der Waals surface area (Å²) in [6.07, 6.45) is 5.69. The maximum Gasteiger partial charge on any atom is 0.0727 e. The van der Waals surface area contributed by atoms with Crippen LogP contribution in [0.25, 0.3) is 0 Å². The van der Waals surface area contributed by atoms with E-state index in [9.17, 15) is 0 Å². The van der Waals surface area contributed by atoms with Crippen LogP contribution < -0.4 is 0 Å². The molecule has 0 unspecified atom stereocenters. The van der Waals surface area contributed by atoms with Gasteiger partial charge in [0.25, 0.3) is 0 Å². The molecule has 1 aliphatic rings. The third kappa shape index (κ3) is 1.32. The van der Waals surface area contributed by atoms with E-state index in [1.54, 1.807) is 0 Å². The van der Waals surface area contributed by atoms with Crippen LogP contribution in [0.1, 0.15) is 13.3 Å². The summed E-state index contributed by atoms with van der Waals surface area (Å²) in [4.78, 5) is 0. The van der Waals surface area contributed by atoms with Gasteiger partial charge >= 0.3 is 0 Å². The molecule has 0 radical (unpaired) electrons. The fourth-order valence-corrected chi connectivity index (χ4v) is 0.665. The standard InChI is InChI=1S/C6H10O/c1-6-4-2-3-5-7-6/h2,4,6H,3,5H2,1H3/t6-/m1/s1. The minimum absolute atomic E-state index is 0.355. The van der Waals surface area contributed by atoms with Crippen molar-refractivity contribution in [2.75, 3.05) is 6.61 Å². The van der Waals surface area contributed by atoms with Gasteiger partial charge in [-0.2, -0.15) is 0 Å². The summed E-state index contributed by atoms with van der Waals surface area (Å²) in [5.41, 5.74) is 0. The van der Waals surface area contributed by atoms with E-state index < -0.39 is 0 Å². The average Bonchev–Trinajstić information content (AvgIpc) is 1.69. The summed E-state index contributed by atoms with van der Waals surface area (Å²) in [5.74, 6) is 0. The molecule has 1 atom stereocenters. The van der Waals surface area contributed by atoms with E-state index in [-0.39, 0.29) is 0 Å². The van der Waals surface area contributed by atoms with E-state index in [1.807, 2.05) is 0 Å². The fraction of sp³-hybridized carbons (Fsp3) is 0.667. The molecule has 0 spiro atoms. The zero-order valence-corrected chi connectivity index (χ0v) is 4.55. The van der Waals surface area contributed by atoms with Crippen LogP contribution in [-0.2, 0) is 4.74 Å². The molecule has 40 valence electrons. The Bertz CT molecular complexity index is 76.2. The summed E-state index contributed by atoms with van der Waals surface area (Å²) < 4.78 is 5.19. The molecule has 7 heavy (non-hydrogen) atoms. The van der Waals surface area contributed by atoms with Crippen LogP contribution in [0.15, 0.2) is 12.2 Å². The van der Waals surface area contributed by atoms with E-state index in [0.717, 1.165) is 13.0 Å². The van der Waals surface area contributed by atoms with Crippen LogP contribution in [0.3, 0.4) is 0 Å². The Balaban J connectivity index is 2.36. The first-order chi connectivity index (χ1) is 3.39. The van der Waals surface area contributed by atoms with Gasteiger partial charge in [-0.15, -0.1) is 0 Å². The summed E-state index contributed by atoms with van der Waals surface area (Å²) in [6.45, 7) is 2.95. The third-order valence-electron chi connectivity index (χ3n) is 1.07. The number of hydrogen-bond acceptors (Lipinski definition) is 1. The van der Waals surface area contributed by atoms with E-state index >= 15 is 0 Å². The Hall–Kier alpha value is -0.300. The zero-order chi connectivity index (χ0) is 5.11. The van der Waals surface area contributed by atoms with Gasteiger partial charge in [-0.1, -0.05) is 12.2 Å². The average molecular weight is 98.1 g/mol. The van der Waals surface area contributed by atoms with Crippen LogP contribution in [-0.4, -0.2) is 12.7 Å². The van der Waals surface area contributed by atoms with Crippen LogP contribution in [0.2, 0.25) is 0 Å². The Morgan fingerprint density at radius 2 is 2.57 bits per heavy atom. The monoisotopic (exact) mass is 98.1 g/mol. The van der Waals surface area contributed by atoms with Crippen molar-refractivity contribution in [1.29, 1.82) is 0 Å². The normalized spacial score (nSPS) is 30.7. The molecule has 0 N–H and O–H groups in total. The van der Waals surface area contributed by atoms with Crippen molar-refractivity contribution >= 4 is 0 Å². The van der Waals surface area contributed by atoms with Crippen molar-refractivity contribution in [3.8, 4) is 0 Å². The maximum absolute atomic E-state index is 5.19. The molecule has 1 nitrogen and oxygen atoms in total. The molecule has 1 aliphatic heterocycles. The lowest BCUT2D eigenvalue weighted by Gasteiger charge is -2.10. The molecule has 1 heterocycles. The molecule has 1 rings (SSSR count). The number of ether oxygens (including phenoxy) is 1. The highest BCUT2D eigenvalue weighted by Gasteiger charge is 1.98. The fourth-order valence-electron chi connectivity index (χ4n) is 0.665. The molecule has 0 saturated heterocycles. The first-order valence-electron chi connectivity index (χ1n) is 2.68. The summed E-state index contributed by atoms with van der Waals surface area (Å²) in [5, 5.41) is 0. The van der Waals surface area contributed by atoms with Crippen LogP contribution in [0.5, 0.6) is 0 Å². The first kappa shape index (κ1) is 4.85. The minimum atomic E-state index is 0.355. The Morgan fingerprint density at radius 3 is 2.86 bits per heavy atom. The van der Waals surface area contributed by atoms with Gasteiger partial charge in [-0.25, -0.2) is 0 Å². The van der Waals surface area contributed by atoms with Gasteiger partial charge in [-0.3, -0.25) is 0 Å². The quantitative estimate of drug-likeness (QED) is 0.415. The SMILES string of the molecule is C[C@@H]1C=CCCO1. The highest BCUT2D eigenvalue weighted by molar-refractivity contribution is 4.90. The van der Waals surface area contributed by atoms with Gasteiger partial charge in [0, 0.05) is 0 Å². The smallest absolute Gasteiger partial charge is 0.0727 e. The molecular weight excluding hydrogens is 88.1 g/mol. The highest BCUT2D eigenvalue weighted by Crippen LogP contribution is 2.01. The van der Waals surface area contributed by atoms with Gasteiger partial charge in [0.1, 0.15) is 0 Å². The molecule has 0 fully saturated rings. The molecule has 0 bridgehead atoms. The van der Waals surface area contributed by atoms with Gasteiger partial charge < -0.3 is 4.74 Å². The van der Waals surface area contributed by atoms with Crippen molar-refractivity contribution in [2.45, 2.75) is 19.4 Å². The second kappa shape index (κ2) is 2.12. The van der Waals surface area contributed by atoms with Crippen molar-refractivity contribution in [3.05, 3.63) is 12.2 Å². The van der Waals surface area contributed by atoms with Gasteiger partial charge in [0.15, 0.2) is 0 Å². The lowest BCUT2D eigenvalue weighted by Crippen LogP contribution is -2.08. The largest absolute Gasteiger partial charge is 0.374 e. The molecule has 1 heteroatoms. The summed E-state index contributed by atoms with van der Waals surface area (Å²) >= 11 is 0. The molecule has 0 saturated carbocycles. The van der Waals surface area contributed by atoms with Crippen molar-refractivity contribution in [2.24, 2.45) is 0 Å². The van der Waals surface area contributed by atoms with Crippen molar-refractivity contribution in [3.63, 3.8) is 0 Å². The van der Waals surface area contributed by atoms with Crippen LogP contribution in [0, 0.1) is 0 Å². The topological polar surface area (TPSA) is 9.23 Å². The van der Waals surface area contributed by atoms with E-state index in [4.69, 9.17) is 4.74 Å². The Morgan fingerprint density at radius 1 is 1.71 bits per heavy atom. The number of hydrogen-bond donors (Lipinski definition) is 0. The van der Waals surface area contributed by atoms with Crippen LogP contribution >= 0.6 is 0 Å². The van der Waals surface area contributed by atoms with Gasteiger partial charge in [0.05, 0.1) is 12.7 Å². The first-order valence-corrected chi connectivity index (χ1v) is 2.68. The predicted octanol–water partition coefficient (Wildman–Crippen LogP) is 1.35. The summed E-state index contributed by atoms with van der Waals surface area (Å²) in [7, 11) is 0. The molecule has 0 amide bonds. The molecule has 0 aromatic rings. The summed E-state index contributed by atoms with van der Waals surface area (Å²) in [6, 6.07) is 0. The predicted molar refractivity (Wildman–Crippen MR) is 29.2 cm³/mol. The van der Waals surface area contributed by atoms with E-state index in [2.05, 4.69) is 19.1 Å². The Kier molecular flexibility index (Phi) is 1.47. The lowest BCUT2D eigenvalue weighted by atomic mass is 10.3. The highest BCUT2D eigenvalue weighted by atomic mass is 16.5. The molecular formula is C6H10O. The lowest BCUT2D eigenvalue weighted by molar-refractivity contribution is 0.0925. The third-order valence-corrected chi connectivity index (χ3v) is 1.07. The van der Waals surface area contributed by atoms with E-state index in [1.165, 1.54) is 0 Å². The van der Waals surface area contributed by atoms with Gasteiger partial charge in [0.2, 0.25) is 0 Å². The minimum Gasteiger partial charge on any atom is -0.374 e. The van der Waals surface area contributed by atoms with Crippen molar-refractivity contribution < 1.29 is 4.74 Å². The second-order valence-electron chi connectivity index (χ2n) is 1.79.